The third kappa shape index (κ3) is 1.74. The minimum atomic E-state index is -0.998. The fourth-order valence-electron chi connectivity index (χ4n) is 1.74. The molecule has 0 bridgehead atoms. The van der Waals surface area contributed by atoms with Gasteiger partial charge in [0.2, 0.25) is 0 Å². The molecule has 0 aliphatic carbocycles. The van der Waals surface area contributed by atoms with Gasteiger partial charge in [-0.3, -0.25) is 0 Å². The van der Waals surface area contributed by atoms with Crippen LogP contribution in [0, 0.1) is 0 Å². The van der Waals surface area contributed by atoms with Gasteiger partial charge in [-0.05, 0) is 12.1 Å². The summed E-state index contributed by atoms with van der Waals surface area (Å²) < 4.78 is 1.65. The monoisotopic (exact) mass is 260 g/mol. The number of hydrogen-bond donors (Lipinski definition) is 1. The van der Waals surface area contributed by atoms with Crippen LogP contribution in [0.5, 0.6) is 0 Å². The van der Waals surface area contributed by atoms with Crippen molar-refractivity contribution in [3.05, 3.63) is 40.3 Å². The van der Waals surface area contributed by atoms with Crippen LogP contribution in [0.2, 0.25) is 0 Å². The van der Waals surface area contributed by atoms with Gasteiger partial charge in [-0.2, -0.15) is 0 Å². The molecule has 0 fully saturated rings. The highest BCUT2D eigenvalue weighted by Crippen LogP contribution is 2.17. The SMILES string of the molecule is O=C(O)c1cccc2c1nnn2Cc1nccs1. The van der Waals surface area contributed by atoms with E-state index in [9.17, 15) is 4.79 Å². The van der Waals surface area contributed by atoms with E-state index in [1.807, 2.05) is 5.38 Å². The summed E-state index contributed by atoms with van der Waals surface area (Å²) in [5, 5.41) is 19.8. The van der Waals surface area contributed by atoms with Crippen LogP contribution in [0.15, 0.2) is 29.8 Å². The first-order chi connectivity index (χ1) is 8.75. The highest BCUT2D eigenvalue weighted by atomic mass is 32.1. The van der Waals surface area contributed by atoms with E-state index < -0.39 is 5.97 Å². The number of nitrogens with zero attached hydrogens (tertiary/aromatic N) is 4. The molecule has 0 amide bonds. The van der Waals surface area contributed by atoms with Crippen LogP contribution in [-0.2, 0) is 6.54 Å². The smallest absolute Gasteiger partial charge is 0.338 e. The average Bonchev–Trinajstić information content (AvgIpc) is 2.99. The minimum absolute atomic E-state index is 0.165. The molecule has 6 nitrogen and oxygen atoms in total. The summed E-state index contributed by atoms with van der Waals surface area (Å²) in [6.45, 7) is 0.497. The van der Waals surface area contributed by atoms with Crippen molar-refractivity contribution in [3.8, 4) is 0 Å². The van der Waals surface area contributed by atoms with Crippen LogP contribution >= 0.6 is 11.3 Å². The Balaban J connectivity index is 2.09. The molecule has 0 aliphatic rings. The highest BCUT2D eigenvalue weighted by molar-refractivity contribution is 7.09. The molecule has 0 saturated heterocycles. The van der Waals surface area contributed by atoms with Gasteiger partial charge in [-0.15, -0.1) is 16.4 Å². The van der Waals surface area contributed by atoms with Crippen LogP contribution in [0.4, 0.5) is 0 Å². The Morgan fingerprint density at radius 2 is 2.33 bits per heavy atom. The van der Waals surface area contributed by atoms with Crippen LogP contribution < -0.4 is 0 Å². The van der Waals surface area contributed by atoms with Gasteiger partial charge in [0, 0.05) is 11.6 Å². The van der Waals surface area contributed by atoms with Gasteiger partial charge in [0.1, 0.15) is 10.5 Å². The standard InChI is InChI=1S/C11H8N4O2S/c16-11(17)7-2-1-3-8-10(7)13-14-15(8)6-9-12-4-5-18-9/h1-5H,6H2,(H,16,17). The quantitative estimate of drug-likeness (QED) is 0.774. The maximum Gasteiger partial charge on any atom is 0.338 e. The van der Waals surface area contributed by atoms with Crippen molar-refractivity contribution in [2.45, 2.75) is 6.54 Å². The number of carboxylic acids is 1. The lowest BCUT2D eigenvalue weighted by atomic mass is 10.2. The van der Waals surface area contributed by atoms with Crippen molar-refractivity contribution in [2.24, 2.45) is 0 Å². The summed E-state index contributed by atoms with van der Waals surface area (Å²) in [7, 11) is 0. The summed E-state index contributed by atoms with van der Waals surface area (Å²) >= 11 is 1.52. The lowest BCUT2D eigenvalue weighted by Crippen LogP contribution is -2.01. The summed E-state index contributed by atoms with van der Waals surface area (Å²) in [6.07, 6.45) is 1.72. The molecule has 7 heteroatoms. The molecule has 0 atom stereocenters. The fourth-order valence-corrected chi connectivity index (χ4v) is 2.34. The molecule has 90 valence electrons. The number of aromatic nitrogens is 4. The first kappa shape index (κ1) is 10.8. The summed E-state index contributed by atoms with van der Waals surface area (Å²) in [5.41, 5.74) is 1.27. The van der Waals surface area contributed by atoms with Crippen molar-refractivity contribution >= 4 is 28.3 Å². The predicted molar refractivity (Wildman–Crippen MR) is 65.7 cm³/mol. The molecule has 3 aromatic rings. The van der Waals surface area contributed by atoms with Crippen molar-refractivity contribution in [1.82, 2.24) is 20.0 Å². The fraction of sp³-hybridized carbons (Fsp3) is 0.0909. The van der Waals surface area contributed by atoms with E-state index in [-0.39, 0.29) is 5.56 Å². The summed E-state index contributed by atoms with van der Waals surface area (Å²) in [5.74, 6) is -0.998. The van der Waals surface area contributed by atoms with Gasteiger partial charge in [0.15, 0.2) is 0 Å². The normalized spacial score (nSPS) is 10.9. The first-order valence-corrected chi connectivity index (χ1v) is 6.07. The highest BCUT2D eigenvalue weighted by Gasteiger charge is 2.13. The van der Waals surface area contributed by atoms with Gasteiger partial charge in [0.25, 0.3) is 0 Å². The number of aromatic carboxylic acids is 1. The second-order valence-corrected chi connectivity index (χ2v) is 4.63. The number of carboxylic acid groups (broad SMARTS) is 1. The van der Waals surface area contributed by atoms with Crippen LogP contribution in [-0.4, -0.2) is 31.1 Å². The number of hydrogen-bond acceptors (Lipinski definition) is 5. The average molecular weight is 260 g/mol. The largest absolute Gasteiger partial charge is 0.478 e. The van der Waals surface area contributed by atoms with Crippen molar-refractivity contribution in [1.29, 1.82) is 0 Å². The molecular weight excluding hydrogens is 252 g/mol. The molecule has 2 heterocycles. The second kappa shape index (κ2) is 4.19. The Kier molecular flexibility index (Phi) is 2.52. The molecule has 0 radical (unpaired) electrons. The van der Waals surface area contributed by atoms with E-state index in [1.54, 1.807) is 23.0 Å². The molecule has 3 rings (SSSR count). The Labute approximate surface area is 106 Å². The number of fused-ring (bicyclic) bond motifs is 1. The number of rotatable bonds is 3. The van der Waals surface area contributed by atoms with Gasteiger partial charge in [-0.25, -0.2) is 14.5 Å². The van der Waals surface area contributed by atoms with Gasteiger partial charge >= 0.3 is 5.97 Å². The molecule has 1 aromatic carbocycles. The number of carbonyl (C=O) groups is 1. The zero-order valence-electron chi connectivity index (χ0n) is 9.15. The lowest BCUT2D eigenvalue weighted by molar-refractivity contribution is 0.0699. The molecule has 0 spiro atoms. The summed E-state index contributed by atoms with van der Waals surface area (Å²) in [4.78, 5) is 15.2. The zero-order chi connectivity index (χ0) is 12.5. The molecule has 18 heavy (non-hydrogen) atoms. The maximum atomic E-state index is 11.1. The third-order valence-electron chi connectivity index (χ3n) is 2.54. The van der Waals surface area contributed by atoms with Crippen molar-refractivity contribution in [2.75, 3.05) is 0 Å². The molecule has 1 N–H and O–H groups in total. The third-order valence-corrected chi connectivity index (χ3v) is 3.31. The Bertz CT molecular complexity index is 705. The van der Waals surface area contributed by atoms with Gasteiger partial charge in [-0.1, -0.05) is 11.3 Å². The second-order valence-electron chi connectivity index (χ2n) is 3.65. The topological polar surface area (TPSA) is 80.9 Å². The lowest BCUT2D eigenvalue weighted by Gasteiger charge is -1.99. The van der Waals surface area contributed by atoms with Gasteiger partial charge in [0.05, 0.1) is 17.6 Å². The van der Waals surface area contributed by atoms with Crippen molar-refractivity contribution in [3.63, 3.8) is 0 Å². The minimum Gasteiger partial charge on any atom is -0.478 e. The Morgan fingerprint density at radius 3 is 3.06 bits per heavy atom. The van der Waals surface area contributed by atoms with E-state index in [1.165, 1.54) is 17.4 Å². The van der Waals surface area contributed by atoms with E-state index in [2.05, 4.69) is 15.3 Å². The summed E-state index contributed by atoms with van der Waals surface area (Å²) in [6, 6.07) is 5.01. The van der Waals surface area contributed by atoms with E-state index in [0.29, 0.717) is 17.6 Å². The maximum absolute atomic E-state index is 11.1. The molecular formula is C11H8N4O2S. The van der Waals surface area contributed by atoms with E-state index >= 15 is 0 Å². The molecule has 0 saturated carbocycles. The zero-order valence-corrected chi connectivity index (χ0v) is 9.96. The van der Waals surface area contributed by atoms with Crippen molar-refractivity contribution < 1.29 is 9.90 Å². The van der Waals surface area contributed by atoms with Gasteiger partial charge < -0.3 is 5.11 Å². The predicted octanol–water partition coefficient (Wildman–Crippen LogP) is 1.63. The number of benzene rings is 1. The molecule has 0 aliphatic heterocycles. The molecule has 0 unspecified atom stereocenters. The Hall–Kier alpha value is -2.28. The first-order valence-electron chi connectivity index (χ1n) is 5.19. The molecule has 2 aromatic heterocycles. The van der Waals surface area contributed by atoms with Crippen LogP contribution in [0.3, 0.4) is 0 Å². The van der Waals surface area contributed by atoms with E-state index in [0.717, 1.165) is 5.01 Å². The number of thiazole rings is 1. The van der Waals surface area contributed by atoms with Crippen LogP contribution in [0.1, 0.15) is 15.4 Å². The van der Waals surface area contributed by atoms with E-state index in [4.69, 9.17) is 5.11 Å². The Morgan fingerprint density at radius 1 is 1.44 bits per heavy atom. The van der Waals surface area contributed by atoms with Crippen LogP contribution in [0.25, 0.3) is 11.0 Å².